The quantitative estimate of drug-likeness (QED) is 0.810. The van der Waals surface area contributed by atoms with Crippen LogP contribution in [0.5, 0.6) is 0 Å². The van der Waals surface area contributed by atoms with Crippen LogP contribution < -0.4 is 4.90 Å². The van der Waals surface area contributed by atoms with Crippen LogP contribution in [-0.2, 0) is 5.41 Å². The fourth-order valence-electron chi connectivity index (χ4n) is 2.03. The number of hydrogen-bond donors (Lipinski definition) is 0. The van der Waals surface area contributed by atoms with E-state index >= 15 is 0 Å². The van der Waals surface area contributed by atoms with E-state index < -0.39 is 0 Å². The summed E-state index contributed by atoms with van der Waals surface area (Å²) in [5.74, 6) is 0.915. The first-order valence-corrected chi connectivity index (χ1v) is 6.93. The lowest BCUT2D eigenvalue weighted by Crippen LogP contribution is -2.25. The molecule has 2 aromatic rings. The third-order valence-electron chi connectivity index (χ3n) is 3.02. The topological polar surface area (TPSA) is 33.4 Å². The Bertz CT molecular complexity index is 568. The first kappa shape index (κ1) is 14.1. The largest absolute Gasteiger partial charge is 0.356 e. The van der Waals surface area contributed by atoms with Gasteiger partial charge in [0.25, 0.3) is 0 Å². The van der Waals surface area contributed by atoms with Crippen LogP contribution in [0.3, 0.4) is 0 Å². The van der Waals surface area contributed by atoms with E-state index in [0.29, 0.717) is 0 Å². The minimum absolute atomic E-state index is 0.0294. The molecule has 19 heavy (non-hydrogen) atoms. The van der Waals surface area contributed by atoms with E-state index in [9.17, 15) is 0 Å². The van der Waals surface area contributed by atoms with E-state index in [1.807, 2.05) is 24.7 Å². The van der Waals surface area contributed by atoms with E-state index in [4.69, 9.17) is 11.6 Å². The van der Waals surface area contributed by atoms with E-state index in [-0.39, 0.29) is 10.8 Å². The fraction of sp³-hybridized carbons (Fsp3) is 0.571. The summed E-state index contributed by atoms with van der Waals surface area (Å²) < 4.78 is 1.89. The summed E-state index contributed by atoms with van der Waals surface area (Å²) in [7, 11) is 2.00. The number of alkyl halides is 1. The van der Waals surface area contributed by atoms with Crippen molar-refractivity contribution in [3.05, 3.63) is 24.2 Å². The minimum Gasteiger partial charge on any atom is -0.356 e. The lowest BCUT2D eigenvalue weighted by molar-refractivity contribution is 0.562. The number of anilines is 1. The first-order valence-electron chi connectivity index (χ1n) is 6.49. The van der Waals surface area contributed by atoms with Gasteiger partial charge in [0, 0.05) is 36.8 Å². The van der Waals surface area contributed by atoms with Crippen molar-refractivity contribution in [1.29, 1.82) is 0 Å². The molecule has 104 valence electrons. The van der Waals surface area contributed by atoms with Gasteiger partial charge in [0.2, 0.25) is 0 Å². The van der Waals surface area contributed by atoms with Crippen LogP contribution in [0.1, 0.15) is 33.4 Å². The molecule has 0 aliphatic carbocycles. The predicted molar refractivity (Wildman–Crippen MR) is 80.3 cm³/mol. The smallest absolute Gasteiger partial charge is 0.154 e. The van der Waals surface area contributed by atoms with Gasteiger partial charge in [-0.25, -0.2) is 9.50 Å². The van der Waals surface area contributed by atoms with Gasteiger partial charge in [0.05, 0.1) is 5.69 Å². The third kappa shape index (κ3) is 3.00. The van der Waals surface area contributed by atoms with E-state index in [1.54, 1.807) is 6.20 Å². The average Bonchev–Trinajstić information content (AvgIpc) is 2.70. The SMILES string of the molecule is CC(Cl)CN(C)c1nccn2nc(C(C)(C)C)cc12. The molecule has 0 saturated heterocycles. The zero-order valence-electron chi connectivity index (χ0n) is 12.2. The van der Waals surface area contributed by atoms with Crippen LogP contribution >= 0.6 is 11.6 Å². The van der Waals surface area contributed by atoms with Crippen LogP contribution in [-0.4, -0.2) is 33.6 Å². The molecule has 0 aromatic carbocycles. The van der Waals surface area contributed by atoms with Crippen LogP contribution in [0.15, 0.2) is 18.5 Å². The van der Waals surface area contributed by atoms with E-state index in [2.05, 4.69) is 41.8 Å². The molecule has 0 N–H and O–H groups in total. The molecular formula is C14H21ClN4. The Morgan fingerprint density at radius 3 is 2.68 bits per heavy atom. The maximum atomic E-state index is 6.06. The highest BCUT2D eigenvalue weighted by atomic mass is 35.5. The van der Waals surface area contributed by atoms with E-state index in [1.165, 1.54) is 0 Å². The molecular weight excluding hydrogens is 260 g/mol. The number of halogens is 1. The van der Waals surface area contributed by atoms with Crippen molar-refractivity contribution >= 4 is 22.9 Å². The molecule has 0 saturated carbocycles. The van der Waals surface area contributed by atoms with Crippen molar-refractivity contribution in [3.63, 3.8) is 0 Å². The van der Waals surface area contributed by atoms with Crippen molar-refractivity contribution in [2.75, 3.05) is 18.5 Å². The van der Waals surface area contributed by atoms with Crippen LogP contribution in [0.4, 0.5) is 5.82 Å². The fourth-order valence-corrected chi connectivity index (χ4v) is 2.24. The third-order valence-corrected chi connectivity index (χ3v) is 3.16. The van der Waals surface area contributed by atoms with Gasteiger partial charge in [-0.15, -0.1) is 11.6 Å². The van der Waals surface area contributed by atoms with Gasteiger partial charge in [-0.1, -0.05) is 20.8 Å². The second-order valence-corrected chi connectivity index (χ2v) is 6.77. The normalized spacial score (nSPS) is 13.8. The van der Waals surface area contributed by atoms with Gasteiger partial charge in [-0.05, 0) is 13.0 Å². The molecule has 0 bridgehead atoms. The molecule has 0 spiro atoms. The summed E-state index contributed by atoms with van der Waals surface area (Å²) >= 11 is 6.06. The van der Waals surface area contributed by atoms with Crippen LogP contribution in [0, 0.1) is 0 Å². The summed E-state index contributed by atoms with van der Waals surface area (Å²) in [4.78, 5) is 6.53. The number of hydrogen-bond acceptors (Lipinski definition) is 3. The molecule has 0 radical (unpaired) electrons. The molecule has 0 fully saturated rings. The molecule has 2 heterocycles. The van der Waals surface area contributed by atoms with Gasteiger partial charge >= 0.3 is 0 Å². The van der Waals surface area contributed by atoms with Crippen molar-refractivity contribution in [2.45, 2.75) is 38.5 Å². The number of fused-ring (bicyclic) bond motifs is 1. The van der Waals surface area contributed by atoms with Gasteiger partial charge in [-0.2, -0.15) is 5.10 Å². The molecule has 0 amide bonds. The van der Waals surface area contributed by atoms with Gasteiger partial charge in [0.15, 0.2) is 5.82 Å². The van der Waals surface area contributed by atoms with Crippen molar-refractivity contribution in [1.82, 2.24) is 14.6 Å². The lowest BCUT2D eigenvalue weighted by Gasteiger charge is -2.19. The Morgan fingerprint density at radius 2 is 2.11 bits per heavy atom. The highest BCUT2D eigenvalue weighted by Crippen LogP contribution is 2.25. The summed E-state index contributed by atoms with van der Waals surface area (Å²) in [5, 5.41) is 4.70. The Balaban J connectivity index is 2.48. The average molecular weight is 281 g/mol. The van der Waals surface area contributed by atoms with E-state index in [0.717, 1.165) is 23.6 Å². The van der Waals surface area contributed by atoms with Gasteiger partial charge in [0.1, 0.15) is 5.52 Å². The Labute approximate surface area is 119 Å². The summed E-state index contributed by atoms with van der Waals surface area (Å²) in [5.41, 5.74) is 2.11. The van der Waals surface area contributed by atoms with Gasteiger partial charge < -0.3 is 4.90 Å². The Kier molecular flexibility index (Phi) is 3.72. The molecule has 0 aliphatic heterocycles. The number of nitrogens with zero attached hydrogens (tertiary/aromatic N) is 4. The first-order chi connectivity index (χ1) is 8.79. The Morgan fingerprint density at radius 1 is 1.42 bits per heavy atom. The van der Waals surface area contributed by atoms with Gasteiger partial charge in [-0.3, -0.25) is 0 Å². The highest BCUT2D eigenvalue weighted by Gasteiger charge is 2.20. The van der Waals surface area contributed by atoms with Crippen LogP contribution in [0.2, 0.25) is 0 Å². The van der Waals surface area contributed by atoms with Crippen molar-refractivity contribution < 1.29 is 0 Å². The standard InChI is InChI=1S/C14H21ClN4/c1-10(15)9-18(5)13-11-8-12(14(2,3)4)17-19(11)7-6-16-13/h6-8,10H,9H2,1-5H3. The lowest BCUT2D eigenvalue weighted by atomic mass is 9.92. The Hall–Kier alpha value is -1.29. The highest BCUT2D eigenvalue weighted by molar-refractivity contribution is 6.20. The molecule has 1 unspecified atom stereocenters. The summed E-state index contributed by atoms with van der Waals surface area (Å²) in [6.45, 7) is 9.21. The second-order valence-electron chi connectivity index (χ2n) is 6.02. The molecule has 2 rings (SSSR count). The van der Waals surface area contributed by atoms with Crippen molar-refractivity contribution in [2.24, 2.45) is 0 Å². The zero-order valence-corrected chi connectivity index (χ0v) is 12.9. The molecule has 1 atom stereocenters. The minimum atomic E-state index is 0.0294. The van der Waals surface area contributed by atoms with Crippen molar-refractivity contribution in [3.8, 4) is 0 Å². The summed E-state index contributed by atoms with van der Waals surface area (Å²) in [6.07, 6.45) is 3.66. The maximum Gasteiger partial charge on any atom is 0.154 e. The monoisotopic (exact) mass is 280 g/mol. The number of rotatable bonds is 3. The molecule has 2 aromatic heterocycles. The number of aromatic nitrogens is 3. The molecule has 5 heteroatoms. The maximum absolute atomic E-state index is 6.06. The molecule has 4 nitrogen and oxygen atoms in total. The van der Waals surface area contributed by atoms with Crippen LogP contribution in [0.25, 0.3) is 5.52 Å². The second kappa shape index (κ2) is 5.00. The summed E-state index contributed by atoms with van der Waals surface area (Å²) in [6, 6.07) is 2.11. The zero-order chi connectivity index (χ0) is 14.2. The predicted octanol–water partition coefficient (Wildman–Crippen LogP) is 3.09. The molecule has 0 aliphatic rings.